The lowest BCUT2D eigenvalue weighted by molar-refractivity contribution is -0.135. The van der Waals surface area contributed by atoms with E-state index in [4.69, 9.17) is 5.11 Å². The Balaban J connectivity index is 2.69. The van der Waals surface area contributed by atoms with E-state index in [1.54, 1.807) is 0 Å². The molecule has 1 amide bonds. The topological polar surface area (TPSA) is 49.3 Å². The first kappa shape index (κ1) is 17.0. The Morgan fingerprint density at radius 2 is 2.05 bits per heavy atom. The molecule has 0 saturated carbocycles. The minimum Gasteiger partial charge on any atom is -0.384 e. The minimum atomic E-state index is -4.27. The molecule has 1 aromatic carbocycles. The Bertz CT molecular complexity index is 558. The highest BCUT2D eigenvalue weighted by molar-refractivity contribution is 5.96. The lowest BCUT2D eigenvalue weighted by atomic mass is 10.1. The molecule has 0 saturated heterocycles. The van der Waals surface area contributed by atoms with E-state index in [-0.39, 0.29) is 24.1 Å². The molecule has 21 heavy (non-hydrogen) atoms. The molecule has 2 N–H and O–H groups in total. The predicted molar refractivity (Wildman–Crippen MR) is 68.0 cm³/mol. The van der Waals surface area contributed by atoms with E-state index in [1.807, 2.05) is 0 Å². The van der Waals surface area contributed by atoms with Gasteiger partial charge >= 0.3 is 6.18 Å². The van der Waals surface area contributed by atoms with Gasteiger partial charge in [0, 0.05) is 18.5 Å². The highest BCUT2D eigenvalue weighted by Gasteiger charge is 2.26. The highest BCUT2D eigenvalue weighted by atomic mass is 19.4. The number of nitrogens with one attached hydrogen (secondary N) is 1. The van der Waals surface area contributed by atoms with Gasteiger partial charge in [0.25, 0.3) is 5.91 Å². The standard InChI is InChI=1S/C14H13F4NO2/c15-11-4-5-12(10(9-11)3-1-8-20)13(21)19-7-2-6-14(16,17)18/h4-5,9,20H,2,6-8H2,(H,19,21). The molecule has 7 heteroatoms. The quantitative estimate of drug-likeness (QED) is 0.509. The maximum Gasteiger partial charge on any atom is 0.389 e. The normalized spacial score (nSPS) is 10.7. The highest BCUT2D eigenvalue weighted by Crippen LogP contribution is 2.20. The Morgan fingerprint density at radius 3 is 2.67 bits per heavy atom. The third-order valence-corrected chi connectivity index (χ3v) is 2.45. The van der Waals surface area contributed by atoms with E-state index in [9.17, 15) is 22.4 Å². The molecule has 0 bridgehead atoms. The average molecular weight is 303 g/mol. The number of carbonyl (C=O) groups excluding carboxylic acids is 1. The van der Waals surface area contributed by atoms with Gasteiger partial charge in [-0.25, -0.2) is 4.39 Å². The van der Waals surface area contributed by atoms with Crippen LogP contribution in [0.1, 0.15) is 28.8 Å². The van der Waals surface area contributed by atoms with Gasteiger partial charge in [-0.1, -0.05) is 11.8 Å². The molecule has 0 aliphatic carbocycles. The number of rotatable bonds is 4. The van der Waals surface area contributed by atoms with E-state index in [1.165, 1.54) is 6.07 Å². The van der Waals surface area contributed by atoms with Crippen LogP contribution in [0.4, 0.5) is 17.6 Å². The molecule has 0 aliphatic heterocycles. The van der Waals surface area contributed by atoms with Gasteiger partial charge in [-0.05, 0) is 24.6 Å². The van der Waals surface area contributed by atoms with Crippen molar-refractivity contribution < 1.29 is 27.5 Å². The van der Waals surface area contributed by atoms with Crippen molar-refractivity contribution in [3.05, 3.63) is 35.1 Å². The SMILES string of the molecule is O=C(NCCCC(F)(F)F)c1ccc(F)cc1C#CCO. The van der Waals surface area contributed by atoms with Gasteiger partial charge in [-0.2, -0.15) is 13.2 Å². The zero-order chi connectivity index (χ0) is 15.9. The van der Waals surface area contributed by atoms with Crippen molar-refractivity contribution in [3.63, 3.8) is 0 Å². The summed E-state index contributed by atoms with van der Waals surface area (Å²) in [4.78, 5) is 11.8. The number of halogens is 4. The molecule has 114 valence electrons. The van der Waals surface area contributed by atoms with E-state index < -0.39 is 30.9 Å². The molecule has 0 radical (unpaired) electrons. The number of carbonyl (C=O) groups is 1. The second-order valence-corrected chi connectivity index (χ2v) is 4.12. The number of benzene rings is 1. The summed E-state index contributed by atoms with van der Waals surface area (Å²) >= 11 is 0. The molecule has 0 heterocycles. The Hall–Kier alpha value is -2.07. The Morgan fingerprint density at radius 1 is 1.33 bits per heavy atom. The Kier molecular flexibility index (Phi) is 6.18. The zero-order valence-electron chi connectivity index (χ0n) is 10.9. The van der Waals surface area contributed by atoms with Crippen LogP contribution in [0.25, 0.3) is 0 Å². The molecular weight excluding hydrogens is 290 g/mol. The number of amides is 1. The first-order valence-electron chi connectivity index (χ1n) is 6.07. The lowest BCUT2D eigenvalue weighted by Crippen LogP contribution is -2.26. The van der Waals surface area contributed by atoms with Gasteiger partial charge in [0.1, 0.15) is 12.4 Å². The summed E-state index contributed by atoms with van der Waals surface area (Å²) in [5, 5.41) is 10.9. The van der Waals surface area contributed by atoms with Crippen LogP contribution in [0, 0.1) is 17.7 Å². The fourth-order valence-electron chi connectivity index (χ4n) is 1.54. The van der Waals surface area contributed by atoms with Crippen LogP contribution in [0.5, 0.6) is 0 Å². The van der Waals surface area contributed by atoms with Gasteiger partial charge in [0.05, 0.1) is 5.56 Å². The monoisotopic (exact) mass is 303 g/mol. The van der Waals surface area contributed by atoms with Gasteiger partial charge < -0.3 is 10.4 Å². The second kappa shape index (κ2) is 7.64. The summed E-state index contributed by atoms with van der Waals surface area (Å²) in [6, 6.07) is 3.26. The molecule has 0 unspecified atom stereocenters. The lowest BCUT2D eigenvalue weighted by Gasteiger charge is -2.08. The molecular formula is C14H13F4NO2. The van der Waals surface area contributed by atoms with Crippen molar-refractivity contribution in [2.24, 2.45) is 0 Å². The smallest absolute Gasteiger partial charge is 0.384 e. The van der Waals surface area contributed by atoms with Crippen LogP contribution in [0.15, 0.2) is 18.2 Å². The maximum atomic E-state index is 13.1. The fourth-order valence-corrected chi connectivity index (χ4v) is 1.54. The molecule has 0 aromatic heterocycles. The van der Waals surface area contributed by atoms with Crippen LogP contribution in [0.2, 0.25) is 0 Å². The second-order valence-electron chi connectivity index (χ2n) is 4.12. The molecule has 0 fully saturated rings. The molecule has 3 nitrogen and oxygen atoms in total. The van der Waals surface area contributed by atoms with Crippen molar-refractivity contribution >= 4 is 5.91 Å². The van der Waals surface area contributed by atoms with E-state index in [0.717, 1.165) is 12.1 Å². The van der Waals surface area contributed by atoms with Crippen LogP contribution < -0.4 is 5.32 Å². The first-order valence-corrected chi connectivity index (χ1v) is 6.07. The fraction of sp³-hybridized carbons (Fsp3) is 0.357. The number of hydrogen-bond acceptors (Lipinski definition) is 2. The first-order chi connectivity index (χ1) is 9.83. The summed E-state index contributed by atoms with van der Waals surface area (Å²) in [5.41, 5.74) is 0.113. The van der Waals surface area contributed by atoms with Gasteiger partial charge in [-0.3, -0.25) is 4.79 Å². The van der Waals surface area contributed by atoms with Crippen molar-refractivity contribution in [3.8, 4) is 11.8 Å². The molecule has 0 atom stereocenters. The number of alkyl halides is 3. The van der Waals surface area contributed by atoms with Gasteiger partial charge in [0.2, 0.25) is 0 Å². The van der Waals surface area contributed by atoms with Crippen molar-refractivity contribution in [2.75, 3.05) is 13.2 Å². The molecule has 1 rings (SSSR count). The summed E-state index contributed by atoms with van der Waals surface area (Å²) in [5.74, 6) is 3.46. The van der Waals surface area contributed by atoms with E-state index in [0.29, 0.717) is 0 Å². The summed E-state index contributed by atoms with van der Waals surface area (Å²) in [6.45, 7) is -0.605. The summed E-state index contributed by atoms with van der Waals surface area (Å²) < 4.78 is 49.0. The summed E-state index contributed by atoms with van der Waals surface area (Å²) in [6.07, 6.45) is -5.50. The zero-order valence-corrected chi connectivity index (χ0v) is 10.9. The maximum absolute atomic E-state index is 13.1. The molecule has 0 aliphatic rings. The predicted octanol–water partition coefficient (Wildman–Crippen LogP) is 2.24. The van der Waals surface area contributed by atoms with E-state index in [2.05, 4.69) is 17.2 Å². The number of hydrogen-bond donors (Lipinski definition) is 2. The van der Waals surface area contributed by atoms with Crippen LogP contribution >= 0.6 is 0 Å². The van der Waals surface area contributed by atoms with Gasteiger partial charge in [-0.15, -0.1) is 0 Å². The summed E-state index contributed by atoms with van der Waals surface area (Å²) in [7, 11) is 0. The third kappa shape index (κ3) is 6.27. The van der Waals surface area contributed by atoms with Gasteiger partial charge in [0.15, 0.2) is 0 Å². The van der Waals surface area contributed by atoms with E-state index >= 15 is 0 Å². The van der Waals surface area contributed by atoms with Crippen LogP contribution in [-0.4, -0.2) is 30.3 Å². The minimum absolute atomic E-state index is 0.0457. The largest absolute Gasteiger partial charge is 0.389 e. The molecule has 0 spiro atoms. The third-order valence-electron chi connectivity index (χ3n) is 2.45. The van der Waals surface area contributed by atoms with Crippen LogP contribution in [-0.2, 0) is 0 Å². The van der Waals surface area contributed by atoms with Crippen LogP contribution in [0.3, 0.4) is 0 Å². The van der Waals surface area contributed by atoms with Crippen molar-refractivity contribution in [1.82, 2.24) is 5.32 Å². The number of aliphatic hydroxyl groups excluding tert-OH is 1. The number of aliphatic hydroxyl groups is 1. The van der Waals surface area contributed by atoms with Crippen molar-refractivity contribution in [2.45, 2.75) is 19.0 Å². The Labute approximate surface area is 119 Å². The van der Waals surface area contributed by atoms with Crippen molar-refractivity contribution in [1.29, 1.82) is 0 Å². The average Bonchev–Trinajstić information content (AvgIpc) is 2.40. The molecule has 1 aromatic rings.